The van der Waals surface area contributed by atoms with Crippen LogP contribution in [0.25, 0.3) is 10.9 Å². The molecule has 1 aromatic carbocycles. The Labute approximate surface area is 181 Å². The van der Waals surface area contributed by atoms with E-state index in [0.29, 0.717) is 38.4 Å². The lowest BCUT2D eigenvalue weighted by Gasteiger charge is -2.39. The molecule has 0 radical (unpaired) electrons. The fourth-order valence-corrected chi connectivity index (χ4v) is 5.24. The first-order valence-electron chi connectivity index (χ1n) is 11.3. The molecule has 0 unspecified atom stereocenters. The highest BCUT2D eigenvalue weighted by atomic mass is 19.1. The second-order valence-corrected chi connectivity index (χ2v) is 9.13. The standard InChI is InChI=1S/C23H30FN5O2/c24-23(7-9-25-10-8-23)16-27-11-4-18(5-12-27)28-13-3-17-15-19(1-2-20(17)28)29-14-6-21(30)26-22(29)31/h1-3,13,15,18,25H,4-12,14,16H2,(H,26,30,31). The third-order valence-electron chi connectivity index (χ3n) is 7.03. The van der Waals surface area contributed by atoms with Crippen molar-refractivity contribution >= 4 is 28.5 Å². The lowest BCUT2D eigenvalue weighted by molar-refractivity contribution is -0.120. The van der Waals surface area contributed by atoms with Crippen LogP contribution in [0.15, 0.2) is 30.5 Å². The average Bonchev–Trinajstić information content (AvgIpc) is 3.18. The molecule has 2 aromatic rings. The Hall–Kier alpha value is -2.45. The SMILES string of the molecule is O=C1CCN(c2ccc3c(ccn3C3CCN(CC4(F)CCNCC4)CC3)c2)C(=O)N1. The van der Waals surface area contributed by atoms with Crippen molar-refractivity contribution in [1.29, 1.82) is 0 Å². The monoisotopic (exact) mass is 427 g/mol. The quantitative estimate of drug-likeness (QED) is 0.787. The average molecular weight is 428 g/mol. The van der Waals surface area contributed by atoms with Gasteiger partial charge in [0.2, 0.25) is 5.91 Å². The number of hydrogen-bond donors (Lipinski definition) is 2. The van der Waals surface area contributed by atoms with E-state index in [1.807, 2.05) is 12.1 Å². The largest absolute Gasteiger partial charge is 0.344 e. The van der Waals surface area contributed by atoms with Gasteiger partial charge in [0.05, 0.1) is 0 Å². The molecule has 3 amide bonds. The number of imide groups is 1. The number of nitrogens with one attached hydrogen (secondary N) is 2. The molecule has 166 valence electrons. The van der Waals surface area contributed by atoms with Gasteiger partial charge in [-0.2, -0.15) is 0 Å². The van der Waals surface area contributed by atoms with E-state index in [-0.39, 0.29) is 11.9 Å². The molecule has 3 saturated heterocycles. The van der Waals surface area contributed by atoms with Crippen LogP contribution in [0.3, 0.4) is 0 Å². The van der Waals surface area contributed by atoms with Crippen LogP contribution >= 0.6 is 0 Å². The predicted octanol–water partition coefficient (Wildman–Crippen LogP) is 2.82. The number of benzene rings is 1. The molecule has 3 aliphatic heterocycles. The molecular weight excluding hydrogens is 397 g/mol. The Morgan fingerprint density at radius 3 is 2.58 bits per heavy atom. The topological polar surface area (TPSA) is 69.6 Å². The zero-order valence-electron chi connectivity index (χ0n) is 17.8. The fourth-order valence-electron chi connectivity index (χ4n) is 5.24. The van der Waals surface area contributed by atoms with Crippen molar-refractivity contribution < 1.29 is 14.0 Å². The number of amides is 3. The highest BCUT2D eigenvalue weighted by Crippen LogP contribution is 2.32. The van der Waals surface area contributed by atoms with Gasteiger partial charge >= 0.3 is 6.03 Å². The lowest BCUT2D eigenvalue weighted by Crippen LogP contribution is -2.49. The van der Waals surface area contributed by atoms with E-state index < -0.39 is 5.67 Å². The van der Waals surface area contributed by atoms with Crippen LogP contribution in [-0.4, -0.2) is 66.3 Å². The van der Waals surface area contributed by atoms with Crippen molar-refractivity contribution in [2.24, 2.45) is 0 Å². The molecule has 0 bridgehead atoms. The van der Waals surface area contributed by atoms with Crippen LogP contribution in [0, 0.1) is 0 Å². The number of rotatable bonds is 4. The number of carbonyl (C=O) groups excluding carboxylic acids is 2. The first kappa shape index (κ1) is 20.5. The van der Waals surface area contributed by atoms with Crippen molar-refractivity contribution in [3.05, 3.63) is 30.5 Å². The number of hydrogen-bond acceptors (Lipinski definition) is 4. The minimum absolute atomic E-state index is 0.223. The number of urea groups is 1. The molecule has 0 aliphatic carbocycles. The fraction of sp³-hybridized carbons (Fsp3) is 0.565. The van der Waals surface area contributed by atoms with E-state index in [9.17, 15) is 9.59 Å². The maximum Gasteiger partial charge on any atom is 0.328 e. The maximum absolute atomic E-state index is 15.0. The van der Waals surface area contributed by atoms with Gasteiger partial charge in [0, 0.05) is 61.4 Å². The molecule has 0 spiro atoms. The second-order valence-electron chi connectivity index (χ2n) is 9.13. The number of aromatic nitrogens is 1. The molecule has 1 aromatic heterocycles. The molecule has 31 heavy (non-hydrogen) atoms. The van der Waals surface area contributed by atoms with E-state index in [4.69, 9.17) is 0 Å². The summed E-state index contributed by atoms with van der Waals surface area (Å²) in [5, 5.41) is 6.71. The summed E-state index contributed by atoms with van der Waals surface area (Å²) in [6, 6.07) is 8.16. The molecule has 3 aliphatic rings. The van der Waals surface area contributed by atoms with Crippen LogP contribution < -0.4 is 15.5 Å². The van der Waals surface area contributed by atoms with E-state index in [0.717, 1.165) is 55.6 Å². The number of halogens is 1. The van der Waals surface area contributed by atoms with Gasteiger partial charge in [0.25, 0.3) is 0 Å². The van der Waals surface area contributed by atoms with Crippen molar-refractivity contribution in [1.82, 2.24) is 20.1 Å². The van der Waals surface area contributed by atoms with Gasteiger partial charge in [0.1, 0.15) is 5.67 Å². The van der Waals surface area contributed by atoms with Gasteiger partial charge in [-0.15, -0.1) is 0 Å². The highest BCUT2D eigenvalue weighted by molar-refractivity contribution is 6.06. The maximum atomic E-state index is 15.0. The van der Waals surface area contributed by atoms with E-state index in [1.165, 1.54) is 0 Å². The van der Waals surface area contributed by atoms with Gasteiger partial charge in [-0.25, -0.2) is 9.18 Å². The summed E-state index contributed by atoms with van der Waals surface area (Å²) in [7, 11) is 0. The molecule has 3 fully saturated rings. The van der Waals surface area contributed by atoms with Crippen molar-refractivity contribution in [3.8, 4) is 0 Å². The predicted molar refractivity (Wildman–Crippen MR) is 118 cm³/mol. The number of fused-ring (bicyclic) bond motifs is 1. The first-order valence-corrected chi connectivity index (χ1v) is 11.3. The van der Waals surface area contributed by atoms with Gasteiger partial charge in [0.15, 0.2) is 0 Å². The van der Waals surface area contributed by atoms with Crippen molar-refractivity contribution in [2.75, 3.05) is 44.2 Å². The zero-order chi connectivity index (χ0) is 21.4. The Kier molecular flexibility index (Phi) is 5.44. The number of piperidine rings is 2. The number of anilines is 1. The van der Waals surface area contributed by atoms with Crippen LogP contribution in [0.5, 0.6) is 0 Å². The smallest absolute Gasteiger partial charge is 0.328 e. The number of nitrogens with zero attached hydrogens (tertiary/aromatic N) is 3. The molecule has 0 saturated carbocycles. The Balaban J connectivity index is 1.25. The number of likely N-dealkylation sites (tertiary alicyclic amines) is 1. The Bertz CT molecular complexity index is 976. The molecule has 4 heterocycles. The van der Waals surface area contributed by atoms with E-state index in [2.05, 4.69) is 38.4 Å². The Morgan fingerprint density at radius 1 is 1.06 bits per heavy atom. The van der Waals surface area contributed by atoms with Crippen LogP contribution in [0.1, 0.15) is 38.1 Å². The van der Waals surface area contributed by atoms with Gasteiger partial charge in [-0.1, -0.05) is 0 Å². The van der Waals surface area contributed by atoms with E-state index >= 15 is 4.39 Å². The van der Waals surface area contributed by atoms with Gasteiger partial charge < -0.3 is 14.8 Å². The minimum Gasteiger partial charge on any atom is -0.344 e. The molecule has 0 atom stereocenters. The number of alkyl halides is 1. The van der Waals surface area contributed by atoms with Gasteiger partial charge in [-0.3, -0.25) is 15.0 Å². The Morgan fingerprint density at radius 2 is 1.84 bits per heavy atom. The van der Waals surface area contributed by atoms with Crippen LogP contribution in [-0.2, 0) is 4.79 Å². The summed E-state index contributed by atoms with van der Waals surface area (Å²) in [4.78, 5) is 27.5. The lowest BCUT2D eigenvalue weighted by atomic mass is 9.92. The third-order valence-corrected chi connectivity index (χ3v) is 7.03. The molecular formula is C23H30FN5O2. The minimum atomic E-state index is -1.04. The summed E-state index contributed by atoms with van der Waals surface area (Å²) in [5.41, 5.74) is 0.913. The normalized spacial score (nSPS) is 23.3. The summed E-state index contributed by atoms with van der Waals surface area (Å²) in [5.74, 6) is -0.223. The molecule has 2 N–H and O–H groups in total. The first-order chi connectivity index (χ1) is 15.0. The molecule has 5 rings (SSSR count). The van der Waals surface area contributed by atoms with E-state index in [1.54, 1.807) is 4.90 Å². The summed E-state index contributed by atoms with van der Waals surface area (Å²) in [6.07, 6.45) is 5.69. The zero-order valence-corrected chi connectivity index (χ0v) is 17.8. The van der Waals surface area contributed by atoms with Gasteiger partial charge in [-0.05, 0) is 63.0 Å². The summed E-state index contributed by atoms with van der Waals surface area (Å²) in [6.45, 7) is 4.35. The van der Waals surface area contributed by atoms with Crippen LogP contribution in [0.2, 0.25) is 0 Å². The summed E-state index contributed by atoms with van der Waals surface area (Å²) >= 11 is 0. The third kappa shape index (κ3) is 4.19. The molecule has 8 heteroatoms. The van der Waals surface area contributed by atoms with Crippen molar-refractivity contribution in [3.63, 3.8) is 0 Å². The van der Waals surface area contributed by atoms with Crippen LogP contribution in [0.4, 0.5) is 14.9 Å². The highest BCUT2D eigenvalue weighted by Gasteiger charge is 2.35. The number of carbonyl (C=O) groups is 2. The summed E-state index contributed by atoms with van der Waals surface area (Å²) < 4.78 is 17.4. The van der Waals surface area contributed by atoms with Crippen molar-refractivity contribution in [2.45, 2.75) is 43.8 Å². The second kappa shape index (κ2) is 8.24. The molecule has 7 nitrogen and oxygen atoms in total.